The number of nitrogens with zero attached hydrogens (tertiary/aromatic N) is 3. The van der Waals surface area contributed by atoms with E-state index in [1.165, 1.54) is 30.3 Å². The molecule has 0 saturated carbocycles. The third kappa shape index (κ3) is 5.83. The van der Waals surface area contributed by atoms with Gasteiger partial charge in [0.05, 0.1) is 23.6 Å². The number of rotatable bonds is 6. The summed E-state index contributed by atoms with van der Waals surface area (Å²) in [6, 6.07) is 10.0. The zero-order valence-corrected chi connectivity index (χ0v) is 17.6. The SMILES string of the molecule is O=C(CN1CCN(C(=O)Cc2ccc(F)cc2)CC1)Nc1ccc([N+](=O)[O-])cc1Br. The number of non-ortho nitro benzene ring substituents is 1. The third-order valence-corrected chi connectivity index (χ3v) is 5.45. The molecule has 0 unspecified atom stereocenters. The molecule has 30 heavy (non-hydrogen) atoms. The Labute approximate surface area is 180 Å². The highest BCUT2D eigenvalue weighted by molar-refractivity contribution is 9.10. The third-order valence-electron chi connectivity index (χ3n) is 4.80. The van der Waals surface area contributed by atoms with Gasteiger partial charge < -0.3 is 10.2 Å². The smallest absolute Gasteiger partial charge is 0.270 e. The number of carbonyl (C=O) groups excluding carboxylic acids is 2. The fourth-order valence-corrected chi connectivity index (χ4v) is 3.62. The number of piperazine rings is 1. The Morgan fingerprint density at radius 1 is 1.10 bits per heavy atom. The number of nitro benzene ring substituents is 1. The molecule has 2 amide bonds. The van der Waals surface area contributed by atoms with E-state index in [2.05, 4.69) is 21.2 Å². The van der Waals surface area contributed by atoms with Crippen LogP contribution in [-0.2, 0) is 16.0 Å². The lowest BCUT2D eigenvalue weighted by Gasteiger charge is -2.34. The zero-order chi connectivity index (χ0) is 21.7. The fourth-order valence-electron chi connectivity index (χ4n) is 3.16. The van der Waals surface area contributed by atoms with Gasteiger partial charge in [-0.15, -0.1) is 0 Å². The summed E-state index contributed by atoms with van der Waals surface area (Å²) >= 11 is 3.23. The summed E-state index contributed by atoms with van der Waals surface area (Å²) < 4.78 is 13.4. The maximum atomic E-state index is 13.0. The molecule has 0 radical (unpaired) electrons. The van der Waals surface area contributed by atoms with Crippen molar-refractivity contribution >= 4 is 39.1 Å². The highest BCUT2D eigenvalue weighted by atomic mass is 79.9. The first-order valence-electron chi connectivity index (χ1n) is 9.30. The number of hydrogen-bond acceptors (Lipinski definition) is 5. The lowest BCUT2D eigenvalue weighted by atomic mass is 10.1. The van der Waals surface area contributed by atoms with Crippen LogP contribution in [0, 0.1) is 15.9 Å². The first-order valence-corrected chi connectivity index (χ1v) is 10.1. The number of benzene rings is 2. The number of hydrogen-bond donors (Lipinski definition) is 1. The number of anilines is 1. The number of carbonyl (C=O) groups is 2. The van der Waals surface area contributed by atoms with Gasteiger partial charge in [-0.3, -0.25) is 24.6 Å². The van der Waals surface area contributed by atoms with Crippen molar-refractivity contribution in [3.05, 3.63) is 68.4 Å². The van der Waals surface area contributed by atoms with Gasteiger partial charge in [0, 0.05) is 42.8 Å². The number of nitro groups is 1. The van der Waals surface area contributed by atoms with Crippen LogP contribution >= 0.6 is 15.9 Å². The van der Waals surface area contributed by atoms with Crippen molar-refractivity contribution in [2.24, 2.45) is 0 Å². The molecule has 1 fully saturated rings. The summed E-state index contributed by atoms with van der Waals surface area (Å²) in [6.07, 6.45) is 0.217. The van der Waals surface area contributed by atoms with E-state index >= 15 is 0 Å². The number of amides is 2. The minimum absolute atomic E-state index is 0.0273. The first-order chi connectivity index (χ1) is 14.3. The van der Waals surface area contributed by atoms with Gasteiger partial charge in [-0.1, -0.05) is 12.1 Å². The van der Waals surface area contributed by atoms with Crippen LogP contribution in [0.4, 0.5) is 15.8 Å². The van der Waals surface area contributed by atoms with Gasteiger partial charge in [-0.2, -0.15) is 0 Å². The second kappa shape index (κ2) is 9.77. The Bertz CT molecular complexity index is 946. The van der Waals surface area contributed by atoms with Gasteiger partial charge in [0.25, 0.3) is 5.69 Å². The second-order valence-electron chi connectivity index (χ2n) is 6.93. The lowest BCUT2D eigenvalue weighted by Crippen LogP contribution is -2.50. The maximum absolute atomic E-state index is 13.0. The summed E-state index contributed by atoms with van der Waals surface area (Å²) in [5.74, 6) is -0.602. The van der Waals surface area contributed by atoms with Crippen molar-refractivity contribution in [3.63, 3.8) is 0 Å². The van der Waals surface area contributed by atoms with Crippen molar-refractivity contribution in [2.45, 2.75) is 6.42 Å². The first kappa shape index (κ1) is 21.8. The van der Waals surface area contributed by atoms with Crippen LogP contribution < -0.4 is 5.32 Å². The molecule has 1 heterocycles. The molecule has 8 nitrogen and oxygen atoms in total. The molecule has 1 saturated heterocycles. The van der Waals surface area contributed by atoms with Crippen molar-refractivity contribution in [3.8, 4) is 0 Å². The fraction of sp³-hybridized carbons (Fsp3) is 0.300. The molecule has 0 spiro atoms. The largest absolute Gasteiger partial charge is 0.340 e. The minimum Gasteiger partial charge on any atom is -0.340 e. The van der Waals surface area contributed by atoms with Crippen LogP contribution in [0.2, 0.25) is 0 Å². The van der Waals surface area contributed by atoms with E-state index in [9.17, 15) is 24.1 Å². The Hall–Kier alpha value is -2.85. The van der Waals surface area contributed by atoms with Gasteiger partial charge in [-0.25, -0.2) is 4.39 Å². The normalized spacial score (nSPS) is 14.4. The summed E-state index contributed by atoms with van der Waals surface area (Å²) in [5.41, 5.74) is 1.15. The molecule has 1 N–H and O–H groups in total. The van der Waals surface area contributed by atoms with Crippen LogP contribution in [0.25, 0.3) is 0 Å². The van der Waals surface area contributed by atoms with Crippen molar-refractivity contribution in [1.82, 2.24) is 9.80 Å². The lowest BCUT2D eigenvalue weighted by molar-refractivity contribution is -0.384. The highest BCUT2D eigenvalue weighted by Crippen LogP contribution is 2.27. The van der Waals surface area contributed by atoms with Gasteiger partial charge in [0.2, 0.25) is 11.8 Å². The van der Waals surface area contributed by atoms with E-state index in [-0.39, 0.29) is 36.3 Å². The van der Waals surface area contributed by atoms with Gasteiger partial charge in [0.15, 0.2) is 0 Å². The molecule has 2 aromatic carbocycles. The van der Waals surface area contributed by atoms with Crippen molar-refractivity contribution < 1.29 is 18.9 Å². The Balaban J connectivity index is 1.46. The van der Waals surface area contributed by atoms with Crippen LogP contribution in [-0.4, -0.2) is 59.3 Å². The van der Waals surface area contributed by atoms with E-state index in [1.54, 1.807) is 17.0 Å². The van der Waals surface area contributed by atoms with Gasteiger partial charge in [-0.05, 0) is 39.7 Å². The number of halogens is 2. The van der Waals surface area contributed by atoms with Crippen molar-refractivity contribution in [2.75, 3.05) is 38.0 Å². The highest BCUT2D eigenvalue weighted by Gasteiger charge is 2.23. The van der Waals surface area contributed by atoms with E-state index < -0.39 is 4.92 Å². The monoisotopic (exact) mass is 478 g/mol. The molecule has 10 heteroatoms. The van der Waals surface area contributed by atoms with Gasteiger partial charge >= 0.3 is 0 Å². The Kier molecular flexibility index (Phi) is 7.11. The zero-order valence-electron chi connectivity index (χ0n) is 16.0. The van der Waals surface area contributed by atoms with E-state index in [0.717, 1.165) is 5.56 Å². The van der Waals surface area contributed by atoms with Crippen LogP contribution in [0.5, 0.6) is 0 Å². The van der Waals surface area contributed by atoms with Gasteiger partial charge in [0.1, 0.15) is 5.82 Å². The molecular weight excluding hydrogens is 459 g/mol. The average molecular weight is 479 g/mol. The summed E-state index contributed by atoms with van der Waals surface area (Å²) in [6.45, 7) is 2.29. The number of nitrogens with one attached hydrogen (secondary N) is 1. The summed E-state index contributed by atoms with van der Waals surface area (Å²) in [7, 11) is 0. The van der Waals surface area contributed by atoms with E-state index in [1.807, 2.05) is 4.90 Å². The van der Waals surface area contributed by atoms with Crippen molar-refractivity contribution in [1.29, 1.82) is 0 Å². The van der Waals surface area contributed by atoms with Crippen LogP contribution in [0.15, 0.2) is 46.9 Å². The molecule has 1 aliphatic rings. The quantitative estimate of drug-likeness (QED) is 0.508. The maximum Gasteiger partial charge on any atom is 0.270 e. The Morgan fingerprint density at radius 2 is 1.77 bits per heavy atom. The average Bonchev–Trinajstić information content (AvgIpc) is 2.71. The molecule has 158 valence electrons. The second-order valence-corrected chi connectivity index (χ2v) is 7.78. The molecule has 1 aliphatic heterocycles. The molecule has 0 aromatic heterocycles. The predicted molar refractivity (Wildman–Crippen MR) is 113 cm³/mol. The minimum atomic E-state index is -0.507. The predicted octanol–water partition coefficient (Wildman–Crippen LogP) is 2.82. The molecule has 0 aliphatic carbocycles. The van der Waals surface area contributed by atoms with E-state index in [0.29, 0.717) is 36.3 Å². The molecule has 0 bridgehead atoms. The molecular formula is C20H20BrFN4O4. The van der Waals surface area contributed by atoms with Crippen LogP contribution in [0.1, 0.15) is 5.56 Å². The standard InChI is InChI=1S/C20H20BrFN4O4/c21-17-12-16(26(29)30)5-6-18(17)23-19(27)13-24-7-9-25(10-8-24)20(28)11-14-1-3-15(22)4-2-14/h1-6,12H,7-11,13H2,(H,23,27). The van der Waals surface area contributed by atoms with E-state index in [4.69, 9.17) is 0 Å². The van der Waals surface area contributed by atoms with Crippen LogP contribution in [0.3, 0.4) is 0 Å². The molecule has 0 atom stereocenters. The molecule has 3 rings (SSSR count). The molecule has 2 aromatic rings. The summed E-state index contributed by atoms with van der Waals surface area (Å²) in [5, 5.41) is 13.5. The Morgan fingerprint density at radius 3 is 2.37 bits per heavy atom. The topological polar surface area (TPSA) is 95.8 Å². The summed E-state index contributed by atoms with van der Waals surface area (Å²) in [4.78, 5) is 38.7.